The van der Waals surface area contributed by atoms with Gasteiger partial charge in [-0.15, -0.1) is 0 Å². The third-order valence-corrected chi connectivity index (χ3v) is 5.06. The Hall–Kier alpha value is -0.610. The summed E-state index contributed by atoms with van der Waals surface area (Å²) in [6, 6.07) is 0.662. The smallest absolute Gasteiger partial charge is 0.303 e. The van der Waals surface area contributed by atoms with Crippen molar-refractivity contribution >= 4 is 5.97 Å². The lowest BCUT2D eigenvalue weighted by molar-refractivity contribution is -0.137. The lowest BCUT2D eigenvalue weighted by Gasteiger charge is -2.25. The maximum Gasteiger partial charge on any atom is 0.303 e. The number of carboxylic acid groups (broad SMARTS) is 1. The van der Waals surface area contributed by atoms with Crippen LogP contribution in [0.1, 0.15) is 90.4 Å². The predicted molar refractivity (Wildman–Crippen MR) is 94.7 cm³/mol. The Labute approximate surface area is 142 Å². The molecule has 4 nitrogen and oxygen atoms in total. The van der Waals surface area contributed by atoms with E-state index in [4.69, 9.17) is 5.11 Å². The molecule has 136 valence electrons. The summed E-state index contributed by atoms with van der Waals surface area (Å²) in [5.41, 5.74) is 0. The van der Waals surface area contributed by atoms with Gasteiger partial charge in [-0.2, -0.15) is 0 Å². The molecular formula is C19H37NO3. The number of carboxylic acids is 1. The highest BCUT2D eigenvalue weighted by molar-refractivity contribution is 5.66. The number of aliphatic hydroxyl groups excluding tert-OH is 1. The normalized spacial score (nSPS) is 20.0. The summed E-state index contributed by atoms with van der Waals surface area (Å²) < 4.78 is 0. The van der Waals surface area contributed by atoms with E-state index in [1.165, 1.54) is 38.6 Å². The SMILES string of the molecule is CCCCCC(O)CC[C@H]1CCCN1CCCCCCC(=O)O. The fourth-order valence-electron chi connectivity index (χ4n) is 3.62. The first kappa shape index (κ1) is 20.4. The topological polar surface area (TPSA) is 60.8 Å². The van der Waals surface area contributed by atoms with Gasteiger partial charge in [0, 0.05) is 12.5 Å². The van der Waals surface area contributed by atoms with Crippen LogP contribution >= 0.6 is 0 Å². The van der Waals surface area contributed by atoms with Crippen LogP contribution in [-0.2, 0) is 4.79 Å². The van der Waals surface area contributed by atoms with Crippen LogP contribution in [0.5, 0.6) is 0 Å². The highest BCUT2D eigenvalue weighted by Crippen LogP contribution is 2.23. The Bertz CT molecular complexity index is 309. The summed E-state index contributed by atoms with van der Waals surface area (Å²) in [5.74, 6) is -0.679. The van der Waals surface area contributed by atoms with E-state index in [2.05, 4.69) is 11.8 Å². The Kier molecular flexibility index (Phi) is 11.3. The van der Waals surface area contributed by atoms with Crippen molar-refractivity contribution in [2.45, 2.75) is 103 Å². The molecule has 1 aliphatic rings. The summed E-state index contributed by atoms with van der Waals surface area (Å²) >= 11 is 0. The zero-order chi connectivity index (χ0) is 16.9. The summed E-state index contributed by atoms with van der Waals surface area (Å²) in [4.78, 5) is 13.1. The number of unbranched alkanes of at least 4 members (excludes halogenated alkanes) is 5. The van der Waals surface area contributed by atoms with E-state index in [0.29, 0.717) is 12.5 Å². The van der Waals surface area contributed by atoms with Crippen molar-refractivity contribution in [1.29, 1.82) is 0 Å². The summed E-state index contributed by atoms with van der Waals surface area (Å²) in [7, 11) is 0. The van der Waals surface area contributed by atoms with Gasteiger partial charge in [0.25, 0.3) is 0 Å². The van der Waals surface area contributed by atoms with Gasteiger partial charge < -0.3 is 15.1 Å². The first-order chi connectivity index (χ1) is 11.1. The molecule has 0 spiro atoms. The van der Waals surface area contributed by atoms with E-state index < -0.39 is 5.97 Å². The molecule has 0 bridgehead atoms. The molecule has 1 fully saturated rings. The molecule has 0 saturated carbocycles. The number of aliphatic hydroxyl groups is 1. The minimum absolute atomic E-state index is 0.111. The number of hydrogen-bond donors (Lipinski definition) is 2. The first-order valence-corrected chi connectivity index (χ1v) is 9.77. The van der Waals surface area contributed by atoms with E-state index in [-0.39, 0.29) is 6.10 Å². The predicted octanol–water partition coefficient (Wildman–Crippen LogP) is 4.21. The van der Waals surface area contributed by atoms with E-state index in [1.54, 1.807) is 0 Å². The highest BCUT2D eigenvalue weighted by Gasteiger charge is 2.24. The average molecular weight is 328 g/mol. The minimum atomic E-state index is -0.679. The lowest BCUT2D eigenvalue weighted by Crippen LogP contribution is -2.31. The summed E-state index contributed by atoms with van der Waals surface area (Å²) in [6.07, 6.45) is 13.6. The molecule has 1 unspecified atom stereocenters. The number of hydrogen-bond acceptors (Lipinski definition) is 3. The Morgan fingerprint density at radius 2 is 1.91 bits per heavy atom. The molecule has 0 aromatic carbocycles. The maximum absolute atomic E-state index is 10.5. The highest BCUT2D eigenvalue weighted by atomic mass is 16.4. The van der Waals surface area contributed by atoms with Crippen LogP contribution in [0.25, 0.3) is 0 Å². The molecule has 1 rings (SSSR count). The lowest BCUT2D eigenvalue weighted by atomic mass is 10.0. The van der Waals surface area contributed by atoms with Crippen LogP contribution in [0, 0.1) is 0 Å². The van der Waals surface area contributed by atoms with Crippen molar-refractivity contribution in [1.82, 2.24) is 4.90 Å². The molecule has 1 aliphatic heterocycles. The number of likely N-dealkylation sites (tertiary alicyclic amines) is 1. The third kappa shape index (κ3) is 9.98. The first-order valence-electron chi connectivity index (χ1n) is 9.77. The Morgan fingerprint density at radius 1 is 1.13 bits per heavy atom. The van der Waals surface area contributed by atoms with E-state index in [0.717, 1.165) is 51.5 Å². The van der Waals surface area contributed by atoms with Gasteiger partial charge in [-0.3, -0.25) is 4.79 Å². The molecule has 0 amide bonds. The monoisotopic (exact) mass is 327 g/mol. The van der Waals surface area contributed by atoms with Crippen LogP contribution in [0.4, 0.5) is 0 Å². The van der Waals surface area contributed by atoms with Crippen LogP contribution in [0.15, 0.2) is 0 Å². The number of rotatable bonds is 14. The maximum atomic E-state index is 10.5. The van der Waals surface area contributed by atoms with Gasteiger partial charge in [-0.25, -0.2) is 0 Å². The van der Waals surface area contributed by atoms with Crippen molar-refractivity contribution in [2.24, 2.45) is 0 Å². The number of aliphatic carboxylic acids is 1. The Balaban J connectivity index is 2.07. The van der Waals surface area contributed by atoms with E-state index in [9.17, 15) is 9.90 Å². The van der Waals surface area contributed by atoms with Crippen molar-refractivity contribution in [3.8, 4) is 0 Å². The number of carbonyl (C=O) groups is 1. The van der Waals surface area contributed by atoms with Crippen molar-refractivity contribution in [3.05, 3.63) is 0 Å². The molecule has 0 aromatic heterocycles. The largest absolute Gasteiger partial charge is 0.481 e. The minimum Gasteiger partial charge on any atom is -0.481 e. The molecule has 2 N–H and O–H groups in total. The quantitative estimate of drug-likeness (QED) is 0.469. The molecular weight excluding hydrogens is 290 g/mol. The average Bonchev–Trinajstić information content (AvgIpc) is 2.96. The Morgan fingerprint density at radius 3 is 2.65 bits per heavy atom. The fourth-order valence-corrected chi connectivity index (χ4v) is 3.62. The van der Waals surface area contributed by atoms with Gasteiger partial charge in [0.1, 0.15) is 0 Å². The van der Waals surface area contributed by atoms with Crippen molar-refractivity contribution in [3.63, 3.8) is 0 Å². The zero-order valence-corrected chi connectivity index (χ0v) is 15.0. The van der Waals surface area contributed by atoms with Gasteiger partial charge in [-0.1, -0.05) is 39.0 Å². The molecule has 2 atom stereocenters. The standard InChI is InChI=1S/C19H37NO3/c1-2-3-6-11-18(21)14-13-17-10-9-16-20(17)15-8-5-4-7-12-19(22)23/h17-18,21H,2-16H2,1H3,(H,22,23)/t17-,18?/m1/s1. The third-order valence-electron chi connectivity index (χ3n) is 5.06. The van der Waals surface area contributed by atoms with Crippen molar-refractivity contribution in [2.75, 3.05) is 13.1 Å². The van der Waals surface area contributed by atoms with Crippen molar-refractivity contribution < 1.29 is 15.0 Å². The van der Waals surface area contributed by atoms with Gasteiger partial charge in [0.05, 0.1) is 6.10 Å². The van der Waals surface area contributed by atoms with Crippen LogP contribution in [0.2, 0.25) is 0 Å². The molecule has 0 aromatic rings. The summed E-state index contributed by atoms with van der Waals surface area (Å²) in [5, 5.41) is 18.7. The second-order valence-electron chi connectivity index (χ2n) is 7.12. The van der Waals surface area contributed by atoms with Crippen LogP contribution in [0.3, 0.4) is 0 Å². The van der Waals surface area contributed by atoms with Crippen LogP contribution < -0.4 is 0 Å². The van der Waals surface area contributed by atoms with Gasteiger partial charge >= 0.3 is 5.97 Å². The molecule has 0 radical (unpaired) electrons. The zero-order valence-electron chi connectivity index (χ0n) is 15.0. The second kappa shape index (κ2) is 12.8. The molecule has 1 heterocycles. The summed E-state index contributed by atoms with van der Waals surface area (Å²) in [6.45, 7) is 4.54. The molecule has 0 aliphatic carbocycles. The van der Waals surface area contributed by atoms with Gasteiger partial charge in [0.2, 0.25) is 0 Å². The van der Waals surface area contributed by atoms with Gasteiger partial charge in [0.15, 0.2) is 0 Å². The number of nitrogens with zero attached hydrogens (tertiary/aromatic N) is 1. The fraction of sp³-hybridized carbons (Fsp3) is 0.947. The van der Waals surface area contributed by atoms with E-state index >= 15 is 0 Å². The molecule has 23 heavy (non-hydrogen) atoms. The molecule has 1 saturated heterocycles. The molecule has 4 heteroatoms. The van der Waals surface area contributed by atoms with Gasteiger partial charge in [-0.05, 0) is 58.0 Å². The van der Waals surface area contributed by atoms with Crippen LogP contribution in [-0.4, -0.2) is 46.3 Å². The second-order valence-corrected chi connectivity index (χ2v) is 7.12. The van der Waals surface area contributed by atoms with E-state index in [1.807, 2.05) is 0 Å².